The van der Waals surface area contributed by atoms with Crippen molar-refractivity contribution in [1.82, 2.24) is 10.6 Å². The number of hydrogen-bond donors (Lipinski definition) is 2. The lowest BCUT2D eigenvalue weighted by Crippen LogP contribution is -2.49. The van der Waals surface area contributed by atoms with E-state index in [1.54, 1.807) is 24.3 Å². The third kappa shape index (κ3) is 5.77. The van der Waals surface area contributed by atoms with E-state index in [4.69, 9.17) is 4.42 Å². The lowest BCUT2D eigenvalue weighted by atomic mass is 9.97. The van der Waals surface area contributed by atoms with Crippen LogP contribution in [-0.4, -0.2) is 30.3 Å². The Labute approximate surface area is 203 Å². The van der Waals surface area contributed by atoms with Gasteiger partial charge in [-0.3, -0.25) is 19.3 Å². The van der Waals surface area contributed by atoms with E-state index in [1.807, 2.05) is 19.1 Å². The molecule has 35 heavy (non-hydrogen) atoms. The SMILES string of the molecule is Cc1ccccc1[C@H](C(=O)NC1CCCC1)N(C(=O)CNC(=O)c1ccco1)c1cccc(F)c1. The molecule has 0 unspecified atom stereocenters. The molecule has 2 N–H and O–H groups in total. The predicted octanol–water partition coefficient (Wildman–Crippen LogP) is 4.29. The molecule has 2 aromatic carbocycles. The highest BCUT2D eigenvalue weighted by molar-refractivity contribution is 6.04. The van der Waals surface area contributed by atoms with E-state index in [-0.39, 0.29) is 23.4 Å². The van der Waals surface area contributed by atoms with Crippen LogP contribution in [-0.2, 0) is 9.59 Å². The zero-order chi connectivity index (χ0) is 24.8. The van der Waals surface area contributed by atoms with Crippen LogP contribution in [0, 0.1) is 12.7 Å². The zero-order valence-corrected chi connectivity index (χ0v) is 19.5. The maximum absolute atomic E-state index is 14.2. The Bertz CT molecular complexity index is 1190. The molecule has 0 bridgehead atoms. The third-order valence-electron chi connectivity index (χ3n) is 6.19. The molecule has 1 saturated carbocycles. The van der Waals surface area contributed by atoms with E-state index in [1.165, 1.54) is 35.4 Å². The predicted molar refractivity (Wildman–Crippen MR) is 129 cm³/mol. The number of furan rings is 1. The fraction of sp³-hybridized carbons (Fsp3) is 0.296. The second-order valence-electron chi connectivity index (χ2n) is 8.65. The van der Waals surface area contributed by atoms with Crippen LogP contribution in [0.3, 0.4) is 0 Å². The first-order valence-electron chi connectivity index (χ1n) is 11.7. The van der Waals surface area contributed by atoms with Crippen LogP contribution in [0.15, 0.2) is 71.3 Å². The Balaban J connectivity index is 1.70. The van der Waals surface area contributed by atoms with Gasteiger partial charge in [0.15, 0.2) is 5.76 Å². The van der Waals surface area contributed by atoms with Gasteiger partial charge >= 0.3 is 0 Å². The Morgan fingerprint density at radius 2 is 1.83 bits per heavy atom. The summed E-state index contributed by atoms with van der Waals surface area (Å²) in [4.78, 5) is 40.9. The lowest BCUT2D eigenvalue weighted by molar-refractivity contribution is -0.126. The molecule has 0 saturated heterocycles. The second-order valence-corrected chi connectivity index (χ2v) is 8.65. The van der Waals surface area contributed by atoms with Gasteiger partial charge in [0.2, 0.25) is 11.8 Å². The van der Waals surface area contributed by atoms with Crippen molar-refractivity contribution in [3.05, 3.63) is 89.6 Å². The number of anilines is 1. The van der Waals surface area contributed by atoms with Gasteiger partial charge in [-0.15, -0.1) is 0 Å². The summed E-state index contributed by atoms with van der Waals surface area (Å²) < 4.78 is 19.3. The molecule has 3 amide bonds. The second kappa shape index (κ2) is 11.0. The summed E-state index contributed by atoms with van der Waals surface area (Å²) in [6, 6.07) is 14.9. The molecule has 7 nitrogen and oxygen atoms in total. The molecule has 182 valence electrons. The molecule has 3 aromatic rings. The first kappa shape index (κ1) is 24.2. The number of nitrogens with one attached hydrogen (secondary N) is 2. The first-order chi connectivity index (χ1) is 16.9. The Hall–Kier alpha value is -3.94. The molecule has 0 radical (unpaired) electrons. The van der Waals surface area contributed by atoms with Gasteiger partial charge in [0.25, 0.3) is 5.91 Å². The average molecular weight is 478 g/mol. The maximum Gasteiger partial charge on any atom is 0.287 e. The smallest absolute Gasteiger partial charge is 0.287 e. The molecule has 1 heterocycles. The van der Waals surface area contributed by atoms with Gasteiger partial charge in [-0.1, -0.05) is 43.2 Å². The summed E-state index contributed by atoms with van der Waals surface area (Å²) >= 11 is 0. The number of rotatable bonds is 8. The molecule has 1 aliphatic carbocycles. The molecule has 1 aliphatic rings. The molecular formula is C27H28FN3O4. The van der Waals surface area contributed by atoms with Crippen LogP contribution >= 0.6 is 0 Å². The number of carbonyl (C=O) groups excluding carboxylic acids is 3. The van der Waals surface area contributed by atoms with E-state index < -0.39 is 30.2 Å². The number of halogens is 1. The van der Waals surface area contributed by atoms with E-state index in [0.717, 1.165) is 31.2 Å². The van der Waals surface area contributed by atoms with E-state index in [0.29, 0.717) is 5.56 Å². The summed E-state index contributed by atoms with van der Waals surface area (Å²) in [5.41, 5.74) is 1.66. The number of benzene rings is 2. The molecule has 8 heteroatoms. The van der Waals surface area contributed by atoms with Crippen LogP contribution in [0.25, 0.3) is 0 Å². The summed E-state index contributed by atoms with van der Waals surface area (Å²) in [6.45, 7) is 1.45. The van der Waals surface area contributed by atoms with Crippen molar-refractivity contribution in [1.29, 1.82) is 0 Å². The fourth-order valence-electron chi connectivity index (χ4n) is 4.44. The van der Waals surface area contributed by atoms with Gasteiger partial charge in [0, 0.05) is 11.7 Å². The van der Waals surface area contributed by atoms with Gasteiger partial charge in [0.05, 0.1) is 12.8 Å². The minimum Gasteiger partial charge on any atom is -0.459 e. The van der Waals surface area contributed by atoms with Crippen LogP contribution < -0.4 is 15.5 Å². The number of hydrogen-bond acceptors (Lipinski definition) is 4. The number of nitrogens with zero attached hydrogens (tertiary/aromatic N) is 1. The standard InChI is InChI=1S/C27H28FN3O4/c1-18-8-2-5-13-22(18)25(27(34)30-20-10-3-4-11-20)31(21-12-6-9-19(28)16-21)24(32)17-29-26(33)23-14-7-15-35-23/h2,5-9,12-16,20,25H,3-4,10-11,17H2,1H3,(H,29,33)(H,30,34)/t25-/m1/s1. The highest BCUT2D eigenvalue weighted by atomic mass is 19.1. The van der Waals surface area contributed by atoms with E-state index in [2.05, 4.69) is 10.6 Å². The Morgan fingerprint density at radius 1 is 1.06 bits per heavy atom. The van der Waals surface area contributed by atoms with Gasteiger partial charge in [0.1, 0.15) is 11.9 Å². The van der Waals surface area contributed by atoms with Crippen molar-refractivity contribution >= 4 is 23.4 Å². The lowest BCUT2D eigenvalue weighted by Gasteiger charge is -2.33. The quantitative estimate of drug-likeness (QED) is 0.506. The average Bonchev–Trinajstić information content (AvgIpc) is 3.56. The normalized spacial score (nSPS) is 14.3. The van der Waals surface area contributed by atoms with E-state index in [9.17, 15) is 18.8 Å². The zero-order valence-electron chi connectivity index (χ0n) is 19.5. The third-order valence-corrected chi connectivity index (χ3v) is 6.19. The summed E-state index contributed by atoms with van der Waals surface area (Å²) in [6.07, 6.45) is 5.17. The summed E-state index contributed by atoms with van der Waals surface area (Å²) in [5, 5.41) is 5.62. The molecule has 1 atom stereocenters. The van der Waals surface area contributed by atoms with Gasteiger partial charge in [-0.2, -0.15) is 0 Å². The van der Waals surface area contributed by atoms with Crippen LogP contribution in [0.1, 0.15) is 53.4 Å². The van der Waals surface area contributed by atoms with Crippen LogP contribution in [0.4, 0.5) is 10.1 Å². The van der Waals surface area contributed by atoms with E-state index >= 15 is 0 Å². The number of aryl methyl sites for hydroxylation is 1. The number of carbonyl (C=O) groups is 3. The molecule has 0 aliphatic heterocycles. The molecule has 4 rings (SSSR count). The van der Waals surface area contributed by atoms with Gasteiger partial charge in [-0.05, 0) is 61.2 Å². The Kier molecular flexibility index (Phi) is 7.60. The molecule has 1 fully saturated rings. The fourth-order valence-corrected chi connectivity index (χ4v) is 4.44. The monoisotopic (exact) mass is 477 g/mol. The summed E-state index contributed by atoms with van der Waals surface area (Å²) in [5.74, 6) is -1.96. The largest absolute Gasteiger partial charge is 0.459 e. The minimum absolute atomic E-state index is 0.0251. The highest BCUT2D eigenvalue weighted by Crippen LogP contribution is 2.31. The highest BCUT2D eigenvalue weighted by Gasteiger charge is 2.35. The molecular weight excluding hydrogens is 449 g/mol. The van der Waals surface area contributed by atoms with Gasteiger partial charge in [-0.25, -0.2) is 4.39 Å². The molecule has 0 spiro atoms. The van der Waals surface area contributed by atoms with Crippen molar-refractivity contribution in [2.75, 3.05) is 11.4 Å². The van der Waals surface area contributed by atoms with Crippen molar-refractivity contribution < 1.29 is 23.2 Å². The van der Waals surface area contributed by atoms with Crippen LogP contribution in [0.5, 0.6) is 0 Å². The molecule has 1 aromatic heterocycles. The first-order valence-corrected chi connectivity index (χ1v) is 11.7. The van der Waals surface area contributed by atoms with Crippen LogP contribution in [0.2, 0.25) is 0 Å². The van der Waals surface area contributed by atoms with Crippen molar-refractivity contribution in [3.63, 3.8) is 0 Å². The topological polar surface area (TPSA) is 91.7 Å². The van der Waals surface area contributed by atoms with Crippen molar-refractivity contribution in [2.45, 2.75) is 44.7 Å². The Morgan fingerprint density at radius 3 is 2.51 bits per heavy atom. The van der Waals surface area contributed by atoms with Crippen molar-refractivity contribution in [3.8, 4) is 0 Å². The van der Waals surface area contributed by atoms with Crippen molar-refractivity contribution in [2.24, 2.45) is 0 Å². The maximum atomic E-state index is 14.2. The van der Waals surface area contributed by atoms with Gasteiger partial charge < -0.3 is 15.1 Å². The minimum atomic E-state index is -1.05. The summed E-state index contributed by atoms with van der Waals surface area (Å²) in [7, 11) is 0. The number of amides is 3.